The summed E-state index contributed by atoms with van der Waals surface area (Å²) < 4.78 is 15.4. The van der Waals surface area contributed by atoms with E-state index in [0.29, 0.717) is 11.3 Å². The third-order valence-corrected chi connectivity index (χ3v) is 6.91. The monoisotopic (exact) mass is 489 g/mol. The molecule has 36 heavy (non-hydrogen) atoms. The molecule has 2 aromatic carbocycles. The van der Waals surface area contributed by atoms with E-state index in [1.165, 1.54) is 31.4 Å². The number of allylic oxidation sites excluding steroid dienone is 2. The first-order valence-electron chi connectivity index (χ1n) is 11.5. The third kappa shape index (κ3) is 4.28. The number of hydrogen-bond donors (Lipinski definition) is 0. The van der Waals surface area contributed by atoms with E-state index in [0.717, 1.165) is 11.3 Å². The Morgan fingerprint density at radius 1 is 0.889 bits per heavy atom. The van der Waals surface area contributed by atoms with Crippen molar-refractivity contribution in [2.75, 3.05) is 20.3 Å². The quantitative estimate of drug-likeness (QED) is 0.183. The molecule has 2 aliphatic carbocycles. The number of esters is 2. The number of imide groups is 1. The van der Waals surface area contributed by atoms with E-state index in [4.69, 9.17) is 14.2 Å². The largest absolute Gasteiger partial charge is 0.497 e. The Labute approximate surface area is 206 Å². The lowest BCUT2D eigenvalue weighted by Crippen LogP contribution is -2.38. The van der Waals surface area contributed by atoms with E-state index in [1.54, 1.807) is 24.3 Å². The number of fused-ring (bicyclic) bond motifs is 5. The Balaban J connectivity index is 1.12. The molecule has 9 heteroatoms. The maximum Gasteiger partial charge on any atom is 0.343 e. The first kappa shape index (κ1) is 23.5. The van der Waals surface area contributed by atoms with Crippen LogP contribution in [0.3, 0.4) is 0 Å². The summed E-state index contributed by atoms with van der Waals surface area (Å²) >= 11 is 0. The Morgan fingerprint density at radius 2 is 1.56 bits per heavy atom. The van der Waals surface area contributed by atoms with Crippen molar-refractivity contribution in [1.82, 2.24) is 4.90 Å². The van der Waals surface area contributed by atoms with Gasteiger partial charge in [-0.25, -0.2) is 4.79 Å². The van der Waals surface area contributed by atoms with Gasteiger partial charge >= 0.3 is 11.9 Å². The van der Waals surface area contributed by atoms with E-state index in [-0.39, 0.29) is 35.0 Å². The molecule has 184 valence electrons. The lowest BCUT2D eigenvalue weighted by molar-refractivity contribution is -0.152. The lowest BCUT2D eigenvalue weighted by Gasteiger charge is -2.16. The fourth-order valence-electron chi connectivity index (χ4n) is 5.15. The van der Waals surface area contributed by atoms with Crippen molar-refractivity contribution in [2.45, 2.75) is 6.42 Å². The van der Waals surface area contributed by atoms with Crippen molar-refractivity contribution >= 4 is 29.5 Å². The van der Waals surface area contributed by atoms with Gasteiger partial charge in [0, 0.05) is 5.56 Å². The van der Waals surface area contributed by atoms with Crippen LogP contribution in [0.1, 0.15) is 27.1 Å². The van der Waals surface area contributed by atoms with Crippen LogP contribution in [0.5, 0.6) is 11.5 Å². The van der Waals surface area contributed by atoms with Gasteiger partial charge < -0.3 is 14.2 Å². The zero-order valence-electron chi connectivity index (χ0n) is 19.4. The van der Waals surface area contributed by atoms with Crippen LogP contribution in [0.15, 0.2) is 60.7 Å². The highest BCUT2D eigenvalue weighted by molar-refractivity contribution is 6.08. The smallest absolute Gasteiger partial charge is 0.343 e. The predicted octanol–water partition coefficient (Wildman–Crippen LogP) is 2.45. The number of ketones is 1. The number of likely N-dealkylation sites (tertiary alicyclic amines) is 1. The molecule has 1 heterocycles. The van der Waals surface area contributed by atoms with Gasteiger partial charge in [-0.05, 0) is 60.7 Å². The maximum atomic E-state index is 12.7. The molecule has 1 aliphatic heterocycles. The minimum atomic E-state index is -0.825. The van der Waals surface area contributed by atoms with Gasteiger partial charge in [0.15, 0.2) is 12.4 Å². The van der Waals surface area contributed by atoms with Gasteiger partial charge in [0.1, 0.15) is 18.0 Å². The summed E-state index contributed by atoms with van der Waals surface area (Å²) in [6.07, 6.45) is 4.75. The zero-order valence-corrected chi connectivity index (χ0v) is 19.4. The highest BCUT2D eigenvalue weighted by Gasteiger charge is 2.59. The molecule has 1 saturated heterocycles. The average Bonchev–Trinajstić information content (AvgIpc) is 3.58. The van der Waals surface area contributed by atoms with Crippen molar-refractivity contribution in [1.29, 1.82) is 0 Å². The molecule has 9 nitrogen and oxygen atoms in total. The molecule has 0 spiro atoms. The predicted molar refractivity (Wildman–Crippen MR) is 124 cm³/mol. The van der Waals surface area contributed by atoms with E-state index in [2.05, 4.69) is 0 Å². The fraction of sp³-hybridized carbons (Fsp3) is 0.296. The van der Waals surface area contributed by atoms with Crippen molar-refractivity contribution < 1.29 is 38.2 Å². The molecule has 4 unspecified atom stereocenters. The van der Waals surface area contributed by atoms with Crippen LogP contribution >= 0.6 is 0 Å². The van der Waals surface area contributed by atoms with Gasteiger partial charge in [0.25, 0.3) is 0 Å². The van der Waals surface area contributed by atoms with E-state index in [9.17, 15) is 24.0 Å². The van der Waals surface area contributed by atoms with Crippen molar-refractivity contribution in [3.63, 3.8) is 0 Å². The van der Waals surface area contributed by atoms with Gasteiger partial charge in [-0.2, -0.15) is 0 Å². The van der Waals surface area contributed by atoms with E-state index >= 15 is 0 Å². The second-order valence-corrected chi connectivity index (χ2v) is 8.99. The standard InChI is InChI=1S/C27H23NO8/c1-34-20-4-2-3-18(12-20)27(33)36-19-9-7-15(8-10-19)21(29)14-35-22(30)13-28-25(31)23-16-5-6-17(11-16)24(23)26(28)32/h2-10,12,16-17,23-24H,11,13-14H2,1H3. The number of nitrogens with zero attached hydrogens (tertiary/aromatic N) is 1. The van der Waals surface area contributed by atoms with Gasteiger partial charge in [-0.1, -0.05) is 18.2 Å². The molecule has 1 saturated carbocycles. The fourth-order valence-corrected chi connectivity index (χ4v) is 5.15. The Kier molecular flexibility index (Phi) is 6.13. The van der Waals surface area contributed by atoms with Crippen LogP contribution in [-0.2, 0) is 19.1 Å². The van der Waals surface area contributed by atoms with Crippen molar-refractivity contribution in [3.05, 3.63) is 71.8 Å². The second-order valence-electron chi connectivity index (χ2n) is 8.99. The number of carbonyl (C=O) groups excluding carboxylic acids is 5. The molecule has 5 rings (SSSR count). The molecule has 4 atom stereocenters. The number of Topliss-reactive ketones (excluding diaryl/α,β-unsaturated/α-hetero) is 1. The first-order valence-corrected chi connectivity index (χ1v) is 11.5. The minimum absolute atomic E-state index is 0.0526. The molecule has 2 bridgehead atoms. The summed E-state index contributed by atoms with van der Waals surface area (Å²) in [5.74, 6) is -2.50. The second kappa shape index (κ2) is 9.41. The topological polar surface area (TPSA) is 116 Å². The zero-order chi connectivity index (χ0) is 25.4. The van der Waals surface area contributed by atoms with Crippen LogP contribution in [0.4, 0.5) is 0 Å². The van der Waals surface area contributed by atoms with Crippen LogP contribution in [0.25, 0.3) is 0 Å². The number of ether oxygens (including phenoxy) is 3. The first-order chi connectivity index (χ1) is 17.4. The number of amides is 2. The summed E-state index contributed by atoms with van der Waals surface area (Å²) in [7, 11) is 1.49. The van der Waals surface area contributed by atoms with Crippen molar-refractivity contribution in [3.8, 4) is 11.5 Å². The summed E-state index contributed by atoms with van der Waals surface area (Å²) in [5.41, 5.74) is 0.554. The number of hydrogen-bond acceptors (Lipinski definition) is 8. The molecule has 3 aliphatic rings. The molecular formula is C27H23NO8. The maximum absolute atomic E-state index is 12.7. The molecule has 2 aromatic rings. The SMILES string of the molecule is COc1cccc(C(=O)Oc2ccc(C(=O)COC(=O)CN3C(=O)C4C5C=CC(C5)C4C3=O)cc2)c1. The number of carbonyl (C=O) groups is 5. The van der Waals surface area contributed by atoms with Crippen LogP contribution in [-0.4, -0.2) is 54.7 Å². The average molecular weight is 489 g/mol. The van der Waals surface area contributed by atoms with Gasteiger partial charge in [-0.3, -0.25) is 24.1 Å². The lowest BCUT2D eigenvalue weighted by atomic mass is 9.85. The molecule has 0 aromatic heterocycles. The molecular weight excluding hydrogens is 466 g/mol. The summed E-state index contributed by atoms with van der Waals surface area (Å²) in [6.45, 7) is -1.05. The minimum Gasteiger partial charge on any atom is -0.497 e. The highest BCUT2D eigenvalue weighted by Crippen LogP contribution is 2.52. The van der Waals surface area contributed by atoms with E-state index in [1.807, 2.05) is 12.2 Å². The summed E-state index contributed by atoms with van der Waals surface area (Å²) in [4.78, 5) is 63.3. The normalized spacial score (nSPS) is 23.5. The number of benzene rings is 2. The molecule has 2 amide bonds. The van der Waals surface area contributed by atoms with Crippen LogP contribution in [0, 0.1) is 23.7 Å². The van der Waals surface area contributed by atoms with Crippen LogP contribution in [0.2, 0.25) is 0 Å². The molecule has 0 radical (unpaired) electrons. The Bertz CT molecular complexity index is 1250. The number of rotatable bonds is 8. The van der Waals surface area contributed by atoms with Gasteiger partial charge in [0.05, 0.1) is 24.5 Å². The molecule has 0 N–H and O–H groups in total. The third-order valence-electron chi connectivity index (χ3n) is 6.91. The number of methoxy groups -OCH3 is 1. The Hall–Kier alpha value is -4.27. The van der Waals surface area contributed by atoms with Crippen LogP contribution < -0.4 is 9.47 Å². The summed E-state index contributed by atoms with van der Waals surface area (Å²) in [6, 6.07) is 12.3. The summed E-state index contributed by atoms with van der Waals surface area (Å²) in [5, 5.41) is 0. The highest BCUT2D eigenvalue weighted by atomic mass is 16.5. The van der Waals surface area contributed by atoms with Gasteiger partial charge in [-0.15, -0.1) is 0 Å². The molecule has 2 fully saturated rings. The van der Waals surface area contributed by atoms with Gasteiger partial charge in [0.2, 0.25) is 11.8 Å². The van der Waals surface area contributed by atoms with Crippen molar-refractivity contribution in [2.24, 2.45) is 23.7 Å². The van der Waals surface area contributed by atoms with E-state index < -0.39 is 42.7 Å². The Morgan fingerprint density at radius 3 is 2.19 bits per heavy atom.